The maximum absolute atomic E-state index is 13.1. The van der Waals surface area contributed by atoms with Gasteiger partial charge in [0.15, 0.2) is 0 Å². The van der Waals surface area contributed by atoms with Gasteiger partial charge in [-0.05, 0) is 25.1 Å². The monoisotopic (exact) mass is 494 g/mol. The molecule has 5 nitrogen and oxygen atoms in total. The Kier molecular flexibility index (Phi) is 6.93. The third kappa shape index (κ3) is 5.38. The molecule has 0 bridgehead atoms. The highest BCUT2D eigenvalue weighted by Crippen LogP contribution is 2.31. The van der Waals surface area contributed by atoms with Gasteiger partial charge in [-0.15, -0.1) is 5.10 Å². The van der Waals surface area contributed by atoms with Crippen LogP contribution in [-0.2, 0) is 6.18 Å². The van der Waals surface area contributed by atoms with E-state index >= 15 is 0 Å². The second-order valence-corrected chi connectivity index (χ2v) is 7.86. The van der Waals surface area contributed by atoms with Gasteiger partial charge in [-0.1, -0.05) is 78.3 Å². The van der Waals surface area contributed by atoms with Crippen LogP contribution in [0.2, 0.25) is 5.15 Å². The van der Waals surface area contributed by atoms with Gasteiger partial charge in [0.05, 0.1) is 28.7 Å². The van der Waals surface area contributed by atoms with Crippen LogP contribution in [0.25, 0.3) is 5.69 Å². The third-order valence-corrected chi connectivity index (χ3v) is 5.47. The molecule has 0 atom stereocenters. The molecule has 35 heavy (non-hydrogen) atoms. The number of Topliss-reactive ketones (excluding diaryl/α,β-unsaturated/α-hetero) is 1. The Hall–Kier alpha value is -4.04. The number of carbonyl (C=O) groups is 1. The molecule has 0 spiro atoms. The molecular weight excluding hydrogens is 477 g/mol. The first-order valence-corrected chi connectivity index (χ1v) is 10.8. The molecule has 0 aliphatic rings. The summed E-state index contributed by atoms with van der Waals surface area (Å²) in [5.74, 6) is -0.309. The summed E-state index contributed by atoms with van der Waals surface area (Å²) in [7, 11) is 0. The number of aryl methyl sites for hydroxylation is 1. The average Bonchev–Trinajstić information content (AvgIpc) is 3.15. The Labute approximate surface area is 204 Å². The van der Waals surface area contributed by atoms with Crippen molar-refractivity contribution in [1.82, 2.24) is 9.78 Å². The highest BCUT2D eigenvalue weighted by Gasteiger charge is 2.31. The molecule has 0 fully saturated rings. The molecule has 9 heteroatoms. The number of rotatable bonds is 6. The number of halogens is 4. The van der Waals surface area contributed by atoms with Crippen LogP contribution in [0.1, 0.15) is 32.7 Å². The Bertz CT molecular complexity index is 1410. The Morgan fingerprint density at radius 3 is 2.20 bits per heavy atom. The topological polar surface area (TPSA) is 59.6 Å². The summed E-state index contributed by atoms with van der Waals surface area (Å²) in [6, 6.07) is 22.3. The molecule has 4 rings (SSSR count). The van der Waals surface area contributed by atoms with Gasteiger partial charge in [-0.3, -0.25) is 4.79 Å². The fourth-order valence-electron chi connectivity index (χ4n) is 3.34. The molecule has 3 aromatic carbocycles. The minimum Gasteiger partial charge on any atom is -0.287 e. The van der Waals surface area contributed by atoms with Gasteiger partial charge in [0.1, 0.15) is 10.9 Å². The van der Waals surface area contributed by atoms with Crippen LogP contribution in [-0.4, -0.2) is 27.5 Å². The number of alkyl halides is 3. The molecule has 4 aromatic rings. The van der Waals surface area contributed by atoms with Crippen molar-refractivity contribution in [3.63, 3.8) is 0 Å². The highest BCUT2D eigenvalue weighted by atomic mass is 35.5. The molecule has 0 saturated carbocycles. The lowest BCUT2D eigenvalue weighted by Gasteiger charge is -2.09. The minimum atomic E-state index is -4.50. The van der Waals surface area contributed by atoms with Crippen molar-refractivity contribution in [3.05, 3.63) is 118 Å². The van der Waals surface area contributed by atoms with Crippen molar-refractivity contribution >= 4 is 29.3 Å². The zero-order valence-corrected chi connectivity index (χ0v) is 19.1. The summed E-state index contributed by atoms with van der Waals surface area (Å²) in [4.78, 5) is 13.1. The first kappa shape index (κ1) is 24.1. The van der Waals surface area contributed by atoms with Gasteiger partial charge in [-0.2, -0.15) is 23.4 Å². The van der Waals surface area contributed by atoms with Crippen LogP contribution in [0, 0.1) is 6.92 Å². The molecule has 0 saturated heterocycles. The van der Waals surface area contributed by atoms with Crippen molar-refractivity contribution in [2.24, 2.45) is 10.2 Å². The van der Waals surface area contributed by atoms with E-state index in [0.29, 0.717) is 22.4 Å². The fraction of sp³-hybridized carbons (Fsp3) is 0.0769. The summed E-state index contributed by atoms with van der Waals surface area (Å²) < 4.78 is 40.5. The van der Waals surface area contributed by atoms with Crippen LogP contribution in [0.3, 0.4) is 0 Å². The lowest BCUT2D eigenvalue weighted by molar-refractivity contribution is -0.137. The molecule has 0 aliphatic heterocycles. The number of carbonyl (C=O) groups excluding carboxylic acids is 1. The molecule has 0 aliphatic carbocycles. The first-order chi connectivity index (χ1) is 16.8. The van der Waals surface area contributed by atoms with E-state index in [1.54, 1.807) is 61.5 Å². The van der Waals surface area contributed by atoms with Crippen LogP contribution in [0.5, 0.6) is 0 Å². The largest absolute Gasteiger partial charge is 0.416 e. The fourth-order valence-corrected chi connectivity index (χ4v) is 3.66. The summed E-state index contributed by atoms with van der Waals surface area (Å²) >= 11 is 6.43. The van der Waals surface area contributed by atoms with Gasteiger partial charge in [0.25, 0.3) is 0 Å². The molecule has 0 amide bonds. The van der Waals surface area contributed by atoms with Crippen molar-refractivity contribution in [3.8, 4) is 5.69 Å². The van der Waals surface area contributed by atoms with Crippen molar-refractivity contribution in [2.75, 3.05) is 0 Å². The number of benzene rings is 3. The van der Waals surface area contributed by atoms with Gasteiger partial charge >= 0.3 is 6.18 Å². The lowest BCUT2D eigenvalue weighted by atomic mass is 10.0. The number of ketones is 1. The maximum atomic E-state index is 13.1. The van der Waals surface area contributed by atoms with Gasteiger partial charge in [0.2, 0.25) is 5.78 Å². The third-order valence-electron chi connectivity index (χ3n) is 5.11. The van der Waals surface area contributed by atoms with E-state index in [9.17, 15) is 18.0 Å². The van der Waals surface area contributed by atoms with Crippen LogP contribution in [0.4, 0.5) is 13.2 Å². The molecule has 176 valence electrons. The van der Waals surface area contributed by atoms with E-state index in [1.807, 2.05) is 6.07 Å². The molecule has 1 heterocycles. The van der Waals surface area contributed by atoms with E-state index in [4.69, 9.17) is 11.6 Å². The zero-order valence-electron chi connectivity index (χ0n) is 18.4. The van der Waals surface area contributed by atoms with E-state index in [-0.39, 0.29) is 22.3 Å². The number of nitrogens with zero attached hydrogens (tertiary/aromatic N) is 4. The van der Waals surface area contributed by atoms with E-state index < -0.39 is 11.7 Å². The predicted octanol–water partition coefficient (Wildman–Crippen LogP) is 6.56. The predicted molar refractivity (Wildman–Crippen MR) is 130 cm³/mol. The van der Waals surface area contributed by atoms with Crippen LogP contribution >= 0.6 is 11.6 Å². The highest BCUT2D eigenvalue weighted by molar-refractivity contribution is 6.51. The number of aromatic nitrogens is 2. The number of hydrogen-bond donors (Lipinski definition) is 0. The molecule has 1 aromatic heterocycles. The molecular formula is C26H18ClF3N4O. The average molecular weight is 495 g/mol. The molecule has 0 N–H and O–H groups in total. The number of hydrogen-bond acceptors (Lipinski definition) is 4. The van der Waals surface area contributed by atoms with Crippen molar-refractivity contribution in [2.45, 2.75) is 13.1 Å². The standard InChI is InChI=1S/C26H18ClF3N4O/c1-17-22(25(27)34(33-17)21-14-8-13-20(15-21)26(28,29)30)16-31-32-23(18-9-4-2-5-10-18)24(35)19-11-6-3-7-12-19/h2-16H,1H3. The SMILES string of the molecule is Cc1nn(-c2cccc(C(F)(F)F)c2)c(Cl)c1C=NN=C(C(=O)c1ccccc1)c1ccccc1. The molecule has 0 radical (unpaired) electrons. The quantitative estimate of drug-likeness (QED) is 0.173. The lowest BCUT2D eigenvalue weighted by Crippen LogP contribution is -2.15. The second kappa shape index (κ2) is 10.1. The zero-order chi connectivity index (χ0) is 25.0. The molecule has 0 unspecified atom stereocenters. The summed E-state index contributed by atoms with van der Waals surface area (Å²) in [6.45, 7) is 1.65. The summed E-state index contributed by atoms with van der Waals surface area (Å²) in [5, 5.41) is 12.6. The Morgan fingerprint density at radius 2 is 1.57 bits per heavy atom. The summed E-state index contributed by atoms with van der Waals surface area (Å²) in [5.41, 5.74) is 1.31. The minimum absolute atomic E-state index is 0.0661. The van der Waals surface area contributed by atoms with Gasteiger partial charge in [0, 0.05) is 11.1 Å². The normalized spacial score (nSPS) is 12.3. The Balaban J connectivity index is 1.70. The van der Waals surface area contributed by atoms with Crippen LogP contribution in [0.15, 0.2) is 95.1 Å². The first-order valence-electron chi connectivity index (χ1n) is 10.4. The van der Waals surface area contributed by atoms with E-state index in [1.165, 1.54) is 23.0 Å². The second-order valence-electron chi connectivity index (χ2n) is 7.50. The van der Waals surface area contributed by atoms with Crippen LogP contribution < -0.4 is 0 Å². The smallest absolute Gasteiger partial charge is 0.287 e. The Morgan fingerprint density at radius 1 is 0.943 bits per heavy atom. The van der Waals surface area contributed by atoms with E-state index in [0.717, 1.165) is 12.1 Å². The summed E-state index contributed by atoms with van der Waals surface area (Å²) in [6.07, 6.45) is -3.17. The van der Waals surface area contributed by atoms with Gasteiger partial charge in [-0.25, -0.2) is 4.68 Å². The van der Waals surface area contributed by atoms with Crippen molar-refractivity contribution < 1.29 is 18.0 Å². The van der Waals surface area contributed by atoms with Crippen molar-refractivity contribution in [1.29, 1.82) is 0 Å². The van der Waals surface area contributed by atoms with E-state index in [2.05, 4.69) is 15.3 Å². The maximum Gasteiger partial charge on any atom is 0.416 e. The van der Waals surface area contributed by atoms with Gasteiger partial charge < -0.3 is 0 Å².